The summed E-state index contributed by atoms with van der Waals surface area (Å²) in [5.74, 6) is 0. The van der Waals surface area contributed by atoms with Gasteiger partial charge in [0.2, 0.25) is 0 Å². The topological polar surface area (TPSA) is 8.17 Å². The lowest BCUT2D eigenvalue weighted by Gasteiger charge is -2.29. The highest BCUT2D eigenvalue weighted by Crippen LogP contribution is 2.54. The van der Waals surface area contributed by atoms with E-state index in [4.69, 9.17) is 0 Å². The van der Waals surface area contributed by atoms with Crippen LogP contribution in [0.3, 0.4) is 0 Å². The van der Waals surface area contributed by atoms with Gasteiger partial charge < -0.3 is 9.47 Å². The maximum Gasteiger partial charge on any atom is 0.0544 e. The third-order valence-corrected chi connectivity index (χ3v) is 13.2. The van der Waals surface area contributed by atoms with E-state index in [1.165, 1.54) is 88.3 Å². The van der Waals surface area contributed by atoms with E-state index in [9.17, 15) is 0 Å². The smallest absolute Gasteiger partial charge is 0.0544 e. The molecule has 0 amide bonds. The van der Waals surface area contributed by atoms with Crippen molar-refractivity contribution in [2.45, 2.75) is 78.6 Å². The van der Waals surface area contributed by atoms with Gasteiger partial charge >= 0.3 is 0 Å². The number of fused-ring (bicyclic) bond motifs is 8. The van der Waals surface area contributed by atoms with E-state index in [-0.39, 0.29) is 16.2 Å². The first-order valence-corrected chi connectivity index (χ1v) is 21.5. The Morgan fingerprint density at radius 3 is 1.62 bits per heavy atom. The van der Waals surface area contributed by atoms with Gasteiger partial charge in [-0.15, -0.1) is 0 Å². The predicted molar refractivity (Wildman–Crippen MR) is 258 cm³/mol. The molecule has 60 heavy (non-hydrogen) atoms. The molecule has 0 unspecified atom stereocenters. The van der Waals surface area contributed by atoms with Crippen molar-refractivity contribution >= 4 is 49.6 Å². The first kappa shape index (κ1) is 37.9. The van der Waals surface area contributed by atoms with Crippen LogP contribution in [-0.2, 0) is 16.2 Å². The van der Waals surface area contributed by atoms with Crippen molar-refractivity contribution in [2.24, 2.45) is 0 Å². The fourth-order valence-corrected chi connectivity index (χ4v) is 9.75. The van der Waals surface area contributed by atoms with E-state index in [0.717, 1.165) is 17.1 Å². The monoisotopic (exact) mass is 778 g/mol. The molecule has 0 fully saturated rings. The molecule has 296 valence electrons. The van der Waals surface area contributed by atoms with Crippen molar-refractivity contribution in [1.82, 2.24) is 4.57 Å². The summed E-state index contributed by atoms with van der Waals surface area (Å²) in [7, 11) is 0. The van der Waals surface area contributed by atoms with Crippen LogP contribution in [-0.4, -0.2) is 4.57 Å². The van der Waals surface area contributed by atoms with Gasteiger partial charge in [0.15, 0.2) is 0 Å². The Bertz CT molecular complexity index is 3050. The van der Waals surface area contributed by atoms with E-state index in [0.29, 0.717) is 0 Å². The summed E-state index contributed by atoms with van der Waals surface area (Å²) in [6, 6.07) is 61.8. The molecular formula is C58H54N2. The first-order chi connectivity index (χ1) is 28.7. The van der Waals surface area contributed by atoms with E-state index in [1.807, 2.05) is 0 Å². The standard InChI is InChI=1S/C58H54N2/c1-37-19-31-52-48(33-37)49-34-39(38-15-11-10-12-16-38)20-32-53(49)60(52)54-36-51-55(46-18-14-13-17-45(46)54)47-30-29-44(35-50(47)58(51,8)9)59(42-25-21-40(22-26-42)56(2,3)4)43-27-23-41(24-28-43)57(5,6)7/h10-36H,1-9H3. The predicted octanol–water partition coefficient (Wildman–Crippen LogP) is 16.3. The second-order valence-electron chi connectivity index (χ2n) is 19.6. The number of rotatable bonds is 5. The summed E-state index contributed by atoms with van der Waals surface area (Å²) in [5.41, 5.74) is 18.8. The zero-order chi connectivity index (χ0) is 41.7. The Morgan fingerprint density at radius 1 is 0.450 bits per heavy atom. The highest BCUT2D eigenvalue weighted by atomic mass is 15.1. The van der Waals surface area contributed by atoms with Crippen LogP contribution < -0.4 is 4.90 Å². The van der Waals surface area contributed by atoms with Crippen molar-refractivity contribution in [2.75, 3.05) is 4.90 Å². The van der Waals surface area contributed by atoms with Crippen LogP contribution >= 0.6 is 0 Å². The Kier molecular flexibility index (Phi) is 8.57. The van der Waals surface area contributed by atoms with Crippen LogP contribution in [0.25, 0.3) is 60.5 Å². The molecule has 0 atom stereocenters. The number of anilines is 3. The highest BCUT2D eigenvalue weighted by Gasteiger charge is 2.38. The molecule has 2 nitrogen and oxygen atoms in total. The van der Waals surface area contributed by atoms with Crippen LogP contribution in [0, 0.1) is 6.92 Å². The second kappa shape index (κ2) is 13.6. The maximum absolute atomic E-state index is 2.52. The van der Waals surface area contributed by atoms with Gasteiger partial charge in [0, 0.05) is 38.6 Å². The summed E-state index contributed by atoms with van der Waals surface area (Å²) in [5, 5.41) is 5.11. The Morgan fingerprint density at radius 2 is 1.00 bits per heavy atom. The van der Waals surface area contributed by atoms with Crippen LogP contribution in [0.15, 0.2) is 164 Å². The SMILES string of the molecule is Cc1ccc2c(c1)c1cc(-c3ccccc3)ccc1n2-c1cc2c(c3ccccc13)-c1ccc(N(c3ccc(C(C)(C)C)cc3)c3ccc(C(C)(C)C)cc3)cc1C2(C)C. The number of hydrogen-bond donors (Lipinski definition) is 0. The molecule has 1 aliphatic carbocycles. The molecule has 0 saturated heterocycles. The van der Waals surface area contributed by atoms with Crippen LogP contribution in [0.5, 0.6) is 0 Å². The molecule has 0 aliphatic heterocycles. The minimum Gasteiger partial charge on any atom is -0.310 e. The third kappa shape index (κ3) is 6.07. The highest BCUT2D eigenvalue weighted by molar-refractivity contribution is 6.13. The van der Waals surface area contributed by atoms with E-state index < -0.39 is 0 Å². The third-order valence-electron chi connectivity index (χ3n) is 13.2. The quantitative estimate of drug-likeness (QED) is 0.169. The van der Waals surface area contributed by atoms with Crippen molar-refractivity contribution in [3.8, 4) is 27.9 Å². The van der Waals surface area contributed by atoms with Crippen molar-refractivity contribution in [3.05, 3.63) is 192 Å². The van der Waals surface area contributed by atoms with Gasteiger partial charge in [0.25, 0.3) is 0 Å². The molecule has 1 heterocycles. The van der Waals surface area contributed by atoms with Gasteiger partial charge in [-0.3, -0.25) is 0 Å². The average molecular weight is 779 g/mol. The molecule has 0 radical (unpaired) electrons. The van der Waals surface area contributed by atoms with E-state index in [1.54, 1.807) is 0 Å². The number of aromatic nitrogens is 1. The molecule has 10 rings (SSSR count). The fourth-order valence-electron chi connectivity index (χ4n) is 9.75. The molecule has 0 saturated carbocycles. The summed E-state index contributed by atoms with van der Waals surface area (Å²) in [6.45, 7) is 20.7. The minimum atomic E-state index is -0.257. The first-order valence-electron chi connectivity index (χ1n) is 21.5. The number of nitrogens with zero attached hydrogens (tertiary/aromatic N) is 2. The van der Waals surface area contributed by atoms with Crippen LogP contribution in [0.2, 0.25) is 0 Å². The summed E-state index contributed by atoms with van der Waals surface area (Å²) in [6.07, 6.45) is 0. The second-order valence-corrected chi connectivity index (χ2v) is 19.6. The van der Waals surface area contributed by atoms with Gasteiger partial charge in [-0.1, -0.05) is 158 Å². The summed E-state index contributed by atoms with van der Waals surface area (Å²) < 4.78 is 2.52. The van der Waals surface area contributed by atoms with Gasteiger partial charge in [-0.05, 0) is 134 Å². The molecule has 9 aromatic rings. The minimum absolute atomic E-state index is 0.0754. The molecule has 0 bridgehead atoms. The van der Waals surface area contributed by atoms with Gasteiger partial charge in [0.1, 0.15) is 0 Å². The average Bonchev–Trinajstić information content (AvgIpc) is 3.67. The Hall–Kier alpha value is -6.38. The normalized spacial score (nSPS) is 13.6. The Balaban J connectivity index is 1.16. The lowest BCUT2D eigenvalue weighted by Crippen LogP contribution is -2.17. The van der Waals surface area contributed by atoms with Crippen molar-refractivity contribution in [1.29, 1.82) is 0 Å². The molecule has 1 aromatic heterocycles. The molecule has 0 spiro atoms. The van der Waals surface area contributed by atoms with Crippen LogP contribution in [0.1, 0.15) is 83.2 Å². The summed E-state index contributed by atoms with van der Waals surface area (Å²) >= 11 is 0. The number of benzene rings is 8. The number of hydrogen-bond acceptors (Lipinski definition) is 1. The van der Waals surface area contributed by atoms with E-state index >= 15 is 0 Å². The Labute approximate surface area is 355 Å². The molecule has 2 heteroatoms. The summed E-state index contributed by atoms with van der Waals surface area (Å²) in [4.78, 5) is 2.44. The van der Waals surface area contributed by atoms with Crippen molar-refractivity contribution in [3.63, 3.8) is 0 Å². The van der Waals surface area contributed by atoms with Crippen molar-refractivity contribution < 1.29 is 0 Å². The molecular weight excluding hydrogens is 725 g/mol. The molecule has 1 aliphatic rings. The fraction of sp³-hybridized carbons (Fsp3) is 0.207. The zero-order valence-electron chi connectivity index (χ0n) is 36.5. The van der Waals surface area contributed by atoms with Gasteiger partial charge in [0.05, 0.1) is 16.7 Å². The van der Waals surface area contributed by atoms with Gasteiger partial charge in [-0.25, -0.2) is 0 Å². The van der Waals surface area contributed by atoms with Gasteiger partial charge in [-0.2, -0.15) is 0 Å². The number of aryl methyl sites for hydroxylation is 1. The molecule has 0 N–H and O–H groups in total. The lowest BCUT2D eigenvalue weighted by molar-refractivity contribution is 0.590. The van der Waals surface area contributed by atoms with Crippen LogP contribution in [0.4, 0.5) is 17.1 Å². The maximum atomic E-state index is 2.52. The largest absolute Gasteiger partial charge is 0.310 e. The zero-order valence-corrected chi connectivity index (χ0v) is 36.5. The lowest BCUT2D eigenvalue weighted by atomic mass is 9.81. The molecule has 8 aromatic carbocycles. The van der Waals surface area contributed by atoms with E-state index in [2.05, 4.69) is 236 Å².